The second kappa shape index (κ2) is 9.50. The van der Waals surface area contributed by atoms with Gasteiger partial charge in [-0.2, -0.15) is 0 Å². The van der Waals surface area contributed by atoms with Crippen LogP contribution in [-0.4, -0.2) is 37.4 Å². The topological polar surface area (TPSA) is 77.5 Å². The van der Waals surface area contributed by atoms with E-state index in [1.807, 2.05) is 12.1 Å². The Balaban J connectivity index is 1.39. The first-order chi connectivity index (χ1) is 17.0. The fraction of sp³-hybridized carbons (Fsp3) is 0.250. The predicted molar refractivity (Wildman–Crippen MR) is 138 cm³/mol. The van der Waals surface area contributed by atoms with Crippen LogP contribution in [0.15, 0.2) is 53.9 Å². The van der Waals surface area contributed by atoms with Gasteiger partial charge >= 0.3 is 0 Å². The van der Waals surface area contributed by atoms with E-state index in [-0.39, 0.29) is 18.2 Å². The van der Waals surface area contributed by atoms with Gasteiger partial charge in [0.25, 0.3) is 5.91 Å². The number of hydrogen-bond acceptors (Lipinski definition) is 6. The number of rotatable bonds is 8. The summed E-state index contributed by atoms with van der Waals surface area (Å²) in [6, 6.07) is 15.1. The van der Waals surface area contributed by atoms with Gasteiger partial charge in [-0.3, -0.25) is 9.59 Å². The first kappa shape index (κ1) is 23.1. The second-order valence-electron chi connectivity index (χ2n) is 8.72. The van der Waals surface area contributed by atoms with Crippen LogP contribution in [0, 0.1) is 6.92 Å². The van der Waals surface area contributed by atoms with Crippen LogP contribution in [0.2, 0.25) is 0 Å². The van der Waals surface area contributed by atoms with Crippen LogP contribution in [0.1, 0.15) is 50.7 Å². The van der Waals surface area contributed by atoms with Gasteiger partial charge in [0.05, 0.1) is 26.5 Å². The van der Waals surface area contributed by atoms with Gasteiger partial charge in [-0.15, -0.1) is 11.3 Å². The number of nitrogens with one attached hydrogen (secondary N) is 1. The molecule has 1 aliphatic rings. The third-order valence-electron chi connectivity index (χ3n) is 6.31. The zero-order valence-corrected chi connectivity index (χ0v) is 20.7. The lowest BCUT2D eigenvalue weighted by Crippen LogP contribution is -2.30. The van der Waals surface area contributed by atoms with Crippen molar-refractivity contribution in [3.8, 4) is 22.8 Å². The van der Waals surface area contributed by atoms with Gasteiger partial charge in [0.2, 0.25) is 0 Å². The molecule has 0 saturated heterocycles. The van der Waals surface area contributed by atoms with E-state index in [0.29, 0.717) is 28.7 Å². The zero-order valence-electron chi connectivity index (χ0n) is 19.9. The molecule has 1 saturated carbocycles. The van der Waals surface area contributed by atoms with Crippen molar-refractivity contribution in [2.45, 2.75) is 25.7 Å². The highest BCUT2D eigenvalue weighted by molar-refractivity contribution is 7.18. The SMILES string of the molecule is COc1ccc(C(=O)NCC(=O)c2cc(C3CC3)cc(-c3csc4c(C)cccc34)n2)cc1OC. The third kappa shape index (κ3) is 4.64. The third-order valence-corrected chi connectivity index (χ3v) is 7.44. The minimum atomic E-state index is -0.364. The molecule has 178 valence electrons. The Morgan fingerprint density at radius 3 is 2.60 bits per heavy atom. The number of pyridine rings is 1. The van der Waals surface area contributed by atoms with Gasteiger partial charge in [-0.25, -0.2) is 4.98 Å². The lowest BCUT2D eigenvalue weighted by molar-refractivity contribution is 0.0902. The summed E-state index contributed by atoms with van der Waals surface area (Å²) in [5, 5.41) is 5.98. The molecule has 0 atom stereocenters. The van der Waals surface area contributed by atoms with Crippen molar-refractivity contribution in [2.24, 2.45) is 0 Å². The van der Waals surface area contributed by atoms with E-state index in [4.69, 9.17) is 14.5 Å². The minimum absolute atomic E-state index is 0.142. The molecular formula is C28H26N2O4S. The van der Waals surface area contributed by atoms with Crippen molar-refractivity contribution < 1.29 is 19.1 Å². The lowest BCUT2D eigenvalue weighted by atomic mass is 10.0. The number of carbonyl (C=O) groups excluding carboxylic acids is 2. The fourth-order valence-corrected chi connectivity index (χ4v) is 5.26. The lowest BCUT2D eigenvalue weighted by Gasteiger charge is -2.11. The molecule has 2 aromatic carbocycles. The van der Waals surface area contributed by atoms with Crippen molar-refractivity contribution in [3.05, 3.63) is 76.3 Å². The van der Waals surface area contributed by atoms with Crippen molar-refractivity contribution in [2.75, 3.05) is 20.8 Å². The summed E-state index contributed by atoms with van der Waals surface area (Å²) in [7, 11) is 3.05. The number of fused-ring (bicyclic) bond motifs is 1. The molecule has 0 bridgehead atoms. The molecule has 4 aromatic rings. The van der Waals surface area contributed by atoms with Crippen LogP contribution < -0.4 is 14.8 Å². The Bertz CT molecular complexity index is 1440. The van der Waals surface area contributed by atoms with Gasteiger partial charge in [0.15, 0.2) is 17.3 Å². The first-order valence-corrected chi connectivity index (χ1v) is 12.4. The van der Waals surface area contributed by atoms with Crippen molar-refractivity contribution in [1.82, 2.24) is 10.3 Å². The number of nitrogens with zero attached hydrogens (tertiary/aromatic N) is 1. The summed E-state index contributed by atoms with van der Waals surface area (Å²) in [6.07, 6.45) is 2.24. The number of Topliss-reactive ketones (excluding diaryl/α,β-unsaturated/α-hetero) is 1. The summed E-state index contributed by atoms with van der Waals surface area (Å²) in [6.45, 7) is 1.96. The molecule has 1 aliphatic carbocycles. The smallest absolute Gasteiger partial charge is 0.251 e. The molecule has 0 unspecified atom stereocenters. The van der Waals surface area contributed by atoms with Gasteiger partial charge in [0.1, 0.15) is 5.69 Å². The monoisotopic (exact) mass is 486 g/mol. The predicted octanol–water partition coefficient (Wildman–Crippen LogP) is 5.78. The number of amides is 1. The largest absolute Gasteiger partial charge is 0.493 e. The number of methoxy groups -OCH3 is 2. The molecular weight excluding hydrogens is 460 g/mol. The average molecular weight is 487 g/mol. The van der Waals surface area contributed by atoms with E-state index in [1.165, 1.54) is 24.5 Å². The minimum Gasteiger partial charge on any atom is -0.493 e. The maximum Gasteiger partial charge on any atom is 0.251 e. The van der Waals surface area contributed by atoms with E-state index in [2.05, 4.69) is 35.8 Å². The highest BCUT2D eigenvalue weighted by Gasteiger charge is 2.26. The second-order valence-corrected chi connectivity index (χ2v) is 9.60. The summed E-state index contributed by atoms with van der Waals surface area (Å²) in [5.41, 5.74) is 4.98. The molecule has 0 aliphatic heterocycles. The Kier molecular flexibility index (Phi) is 6.26. The first-order valence-electron chi connectivity index (χ1n) is 11.5. The molecule has 1 fully saturated rings. The number of ketones is 1. The van der Waals surface area contributed by atoms with Crippen molar-refractivity contribution in [3.63, 3.8) is 0 Å². The van der Waals surface area contributed by atoms with Crippen LogP contribution in [0.25, 0.3) is 21.3 Å². The molecule has 5 rings (SSSR count). The zero-order chi connectivity index (χ0) is 24.5. The van der Waals surface area contributed by atoms with Crippen molar-refractivity contribution >= 4 is 33.1 Å². The number of hydrogen-bond donors (Lipinski definition) is 1. The maximum atomic E-state index is 13.1. The van der Waals surface area contributed by atoms with Crippen molar-refractivity contribution in [1.29, 1.82) is 0 Å². The number of aryl methyl sites for hydroxylation is 1. The molecule has 0 radical (unpaired) electrons. The highest BCUT2D eigenvalue weighted by atomic mass is 32.1. The average Bonchev–Trinajstić information content (AvgIpc) is 3.65. The summed E-state index contributed by atoms with van der Waals surface area (Å²) in [5.74, 6) is 0.866. The van der Waals surface area contributed by atoms with Gasteiger partial charge in [0, 0.05) is 26.6 Å². The highest BCUT2D eigenvalue weighted by Crippen LogP contribution is 2.42. The molecule has 7 heteroatoms. The van der Waals surface area contributed by atoms with Crippen LogP contribution in [-0.2, 0) is 0 Å². The van der Waals surface area contributed by atoms with Crippen LogP contribution in [0.3, 0.4) is 0 Å². The fourth-order valence-electron chi connectivity index (χ4n) is 4.22. The molecule has 1 amide bonds. The molecule has 2 aromatic heterocycles. The molecule has 2 heterocycles. The number of aromatic nitrogens is 1. The van der Waals surface area contributed by atoms with Crippen LogP contribution in [0.4, 0.5) is 0 Å². The Labute approximate surface area is 207 Å². The Morgan fingerprint density at radius 1 is 1.06 bits per heavy atom. The maximum absolute atomic E-state index is 13.1. The molecule has 1 N–H and O–H groups in total. The number of thiophene rings is 1. The molecule has 6 nitrogen and oxygen atoms in total. The van der Waals surface area contributed by atoms with E-state index < -0.39 is 0 Å². The summed E-state index contributed by atoms with van der Waals surface area (Å²) >= 11 is 1.70. The van der Waals surface area contributed by atoms with E-state index >= 15 is 0 Å². The number of carbonyl (C=O) groups is 2. The number of ether oxygens (including phenoxy) is 2. The van der Waals surface area contributed by atoms with E-state index in [9.17, 15) is 9.59 Å². The summed E-state index contributed by atoms with van der Waals surface area (Å²) < 4.78 is 11.7. The standard InChI is InChI=1S/C28H26N2O4S/c1-16-5-4-6-20-21(15-35-27(16)20)22-11-19(17-7-8-17)12-23(30-22)24(31)14-29-28(32)18-9-10-25(33-2)26(13-18)34-3/h4-6,9-13,15,17H,7-8,14H2,1-3H3,(H,29,32). The molecule has 0 spiro atoms. The Hall–Kier alpha value is -3.71. The van der Waals surface area contributed by atoms with Gasteiger partial charge in [-0.1, -0.05) is 18.2 Å². The van der Waals surface area contributed by atoms with Gasteiger partial charge in [-0.05, 0) is 67.1 Å². The number of benzene rings is 2. The summed E-state index contributed by atoms with van der Waals surface area (Å²) in [4.78, 5) is 30.5. The quantitative estimate of drug-likeness (QED) is 0.320. The normalized spacial score (nSPS) is 13.0. The van der Waals surface area contributed by atoms with E-state index in [1.54, 1.807) is 29.5 Å². The Morgan fingerprint density at radius 2 is 1.86 bits per heavy atom. The van der Waals surface area contributed by atoms with E-state index in [0.717, 1.165) is 35.0 Å². The van der Waals surface area contributed by atoms with Gasteiger partial charge < -0.3 is 14.8 Å². The van der Waals surface area contributed by atoms with Crippen LogP contribution in [0.5, 0.6) is 11.5 Å². The van der Waals surface area contributed by atoms with Crippen LogP contribution >= 0.6 is 11.3 Å². The molecule has 35 heavy (non-hydrogen) atoms.